The van der Waals surface area contributed by atoms with Crippen molar-refractivity contribution in [3.05, 3.63) is 95.1 Å². The maximum absolute atomic E-state index is 12.5. The molecule has 0 amide bonds. The van der Waals surface area contributed by atoms with Crippen molar-refractivity contribution in [1.82, 2.24) is 0 Å². The van der Waals surface area contributed by atoms with Crippen molar-refractivity contribution < 1.29 is 19.1 Å². The minimum atomic E-state index is -0.368. The van der Waals surface area contributed by atoms with Crippen molar-refractivity contribution in [2.75, 3.05) is 13.2 Å². The Morgan fingerprint density at radius 2 is 1.02 bits per heavy atom. The Balaban J connectivity index is 0.000000979. The van der Waals surface area contributed by atoms with Crippen molar-refractivity contribution in [2.45, 2.75) is 121 Å². The number of benzene rings is 3. The average molecular weight is 633 g/mol. The van der Waals surface area contributed by atoms with Gasteiger partial charge in [0.1, 0.15) is 0 Å². The fourth-order valence-electron chi connectivity index (χ4n) is 4.82. The minimum absolute atomic E-state index is 0.368. The molecule has 0 aliphatic heterocycles. The molecule has 4 nitrogen and oxygen atoms in total. The van der Waals surface area contributed by atoms with Crippen LogP contribution < -0.4 is 0 Å². The molecular weight excluding hydrogens is 568 g/mol. The maximum Gasteiger partial charge on any atom is 0.338 e. The molecule has 256 valence electrons. The molecule has 0 saturated heterocycles. The van der Waals surface area contributed by atoms with E-state index in [2.05, 4.69) is 83.1 Å². The van der Waals surface area contributed by atoms with Gasteiger partial charge in [-0.1, -0.05) is 154 Å². The van der Waals surface area contributed by atoms with Gasteiger partial charge in [0.05, 0.1) is 24.3 Å². The summed E-state index contributed by atoms with van der Waals surface area (Å²) in [6.07, 6.45) is 8.71. The second-order valence-electron chi connectivity index (χ2n) is 11.4. The van der Waals surface area contributed by atoms with Crippen molar-refractivity contribution in [3.63, 3.8) is 0 Å². The van der Waals surface area contributed by atoms with Crippen LogP contribution in [0.1, 0.15) is 139 Å². The molecule has 2 unspecified atom stereocenters. The van der Waals surface area contributed by atoms with E-state index in [1.165, 1.54) is 16.7 Å². The molecule has 0 fully saturated rings. The van der Waals surface area contributed by atoms with Gasteiger partial charge in [-0.3, -0.25) is 0 Å². The Hall–Kier alpha value is -3.40. The van der Waals surface area contributed by atoms with Crippen LogP contribution in [0, 0.1) is 25.7 Å². The highest BCUT2D eigenvalue weighted by Gasteiger charge is 2.17. The summed E-state index contributed by atoms with van der Waals surface area (Å²) in [4.78, 5) is 25.0. The second-order valence-corrected chi connectivity index (χ2v) is 11.4. The molecule has 0 aliphatic rings. The quantitative estimate of drug-likeness (QED) is 0.156. The van der Waals surface area contributed by atoms with E-state index in [-0.39, 0.29) is 11.9 Å². The summed E-state index contributed by atoms with van der Waals surface area (Å²) in [5.41, 5.74) is 5.57. The van der Waals surface area contributed by atoms with E-state index in [0.29, 0.717) is 36.2 Å². The van der Waals surface area contributed by atoms with E-state index in [9.17, 15) is 9.59 Å². The van der Waals surface area contributed by atoms with E-state index in [0.717, 1.165) is 56.9 Å². The first kappa shape index (κ1) is 42.6. The molecule has 0 bridgehead atoms. The van der Waals surface area contributed by atoms with Crippen molar-refractivity contribution in [2.24, 2.45) is 11.8 Å². The van der Waals surface area contributed by atoms with Gasteiger partial charge in [0.2, 0.25) is 0 Å². The van der Waals surface area contributed by atoms with Gasteiger partial charge in [0.15, 0.2) is 0 Å². The molecule has 0 heterocycles. The van der Waals surface area contributed by atoms with Gasteiger partial charge >= 0.3 is 11.9 Å². The fourth-order valence-corrected chi connectivity index (χ4v) is 4.82. The number of aryl methyl sites for hydroxylation is 2. The average Bonchev–Trinajstić information content (AvgIpc) is 3.10. The van der Waals surface area contributed by atoms with Crippen LogP contribution in [0.5, 0.6) is 0 Å². The van der Waals surface area contributed by atoms with Crippen molar-refractivity contribution >= 4 is 11.9 Å². The first-order valence-electron chi connectivity index (χ1n) is 17.9. The minimum Gasteiger partial charge on any atom is -0.462 e. The molecule has 0 saturated carbocycles. The molecule has 2 atom stereocenters. The number of esters is 2. The van der Waals surface area contributed by atoms with Gasteiger partial charge in [-0.2, -0.15) is 0 Å². The summed E-state index contributed by atoms with van der Waals surface area (Å²) < 4.78 is 11.1. The summed E-state index contributed by atoms with van der Waals surface area (Å²) in [6.45, 7) is 21.4. The first-order valence-corrected chi connectivity index (χ1v) is 17.9. The zero-order valence-corrected chi connectivity index (χ0v) is 30.8. The van der Waals surface area contributed by atoms with E-state index >= 15 is 0 Å². The van der Waals surface area contributed by atoms with Crippen LogP contribution in [0.15, 0.2) is 72.8 Å². The van der Waals surface area contributed by atoms with Crippen LogP contribution in [-0.4, -0.2) is 25.2 Å². The predicted octanol–water partition coefficient (Wildman–Crippen LogP) is 12.5. The monoisotopic (exact) mass is 632 g/mol. The highest BCUT2D eigenvalue weighted by atomic mass is 16.5. The summed E-state index contributed by atoms with van der Waals surface area (Å²) in [5.74, 6) is 0.0450. The van der Waals surface area contributed by atoms with Crippen LogP contribution in [-0.2, 0) is 9.47 Å². The highest BCUT2D eigenvalue weighted by molar-refractivity contribution is 5.95. The number of hydrogen-bond donors (Lipinski definition) is 0. The first-order chi connectivity index (χ1) is 22.3. The normalized spacial score (nSPS) is 11.3. The summed E-state index contributed by atoms with van der Waals surface area (Å²) >= 11 is 0. The molecule has 3 aromatic carbocycles. The van der Waals surface area contributed by atoms with Gasteiger partial charge in [0, 0.05) is 0 Å². The van der Waals surface area contributed by atoms with Gasteiger partial charge in [-0.25, -0.2) is 9.59 Å². The largest absolute Gasteiger partial charge is 0.462 e. The molecule has 0 radical (unpaired) electrons. The molecule has 46 heavy (non-hydrogen) atoms. The molecule has 0 aromatic heterocycles. The Kier molecular flexibility index (Phi) is 24.8. The third-order valence-electron chi connectivity index (χ3n) is 7.66. The lowest BCUT2D eigenvalue weighted by molar-refractivity contribution is 0.0425. The third kappa shape index (κ3) is 17.3. The number of ether oxygens (including phenoxy) is 2. The lowest BCUT2D eigenvalue weighted by atomic mass is 10.0. The number of carbonyl (C=O) groups is 2. The second kappa shape index (κ2) is 26.8. The predicted molar refractivity (Wildman–Crippen MR) is 198 cm³/mol. The number of rotatable bonds is 15. The van der Waals surface area contributed by atoms with Crippen LogP contribution in [0.2, 0.25) is 0 Å². The number of unbranched alkanes of at least 4 members (excludes halogenated alkanes) is 2. The summed E-state index contributed by atoms with van der Waals surface area (Å²) in [5, 5.41) is 0. The van der Waals surface area contributed by atoms with E-state index in [1.807, 2.05) is 40.7 Å². The Bertz CT molecular complexity index is 1150. The van der Waals surface area contributed by atoms with Gasteiger partial charge in [-0.15, -0.1) is 0 Å². The standard InChI is InChI=1S/C25H40O4.C13H12.2C2H6/c1-6-10-12-20(8-3)17-28-24(26)22-14-19(5)15-23(16-22)25(27)29-18-21(9-4)13-11-7-2;1-11-6-5-9-13(10-11)12-7-3-2-4-8-12;2*1-2/h14-16,20-21H,6-13,17-18H2,1-5H3;2-10H,1H3;2*1-2H3. The highest BCUT2D eigenvalue weighted by Crippen LogP contribution is 2.20. The molecule has 3 aromatic rings. The lowest BCUT2D eigenvalue weighted by Crippen LogP contribution is -2.16. The smallest absolute Gasteiger partial charge is 0.338 e. The zero-order chi connectivity index (χ0) is 34.7. The Labute approximate surface area is 282 Å². The number of carbonyl (C=O) groups excluding carboxylic acids is 2. The van der Waals surface area contributed by atoms with E-state index in [1.54, 1.807) is 18.2 Å². The molecule has 0 spiro atoms. The van der Waals surface area contributed by atoms with Gasteiger partial charge in [0.25, 0.3) is 0 Å². The zero-order valence-electron chi connectivity index (χ0n) is 30.8. The molecule has 4 heteroatoms. The van der Waals surface area contributed by atoms with Crippen LogP contribution >= 0.6 is 0 Å². The molecule has 0 N–H and O–H groups in total. The number of hydrogen-bond acceptors (Lipinski definition) is 4. The lowest BCUT2D eigenvalue weighted by Gasteiger charge is -2.16. The van der Waals surface area contributed by atoms with Crippen LogP contribution in [0.25, 0.3) is 11.1 Å². The third-order valence-corrected chi connectivity index (χ3v) is 7.66. The maximum atomic E-state index is 12.5. The SMILES string of the molecule is CC.CC.CCCCC(CC)COC(=O)c1cc(C)cc(C(=O)OCC(CC)CCCC)c1.Cc1cccc(-c2ccccc2)c1. The van der Waals surface area contributed by atoms with E-state index < -0.39 is 0 Å². The van der Waals surface area contributed by atoms with Gasteiger partial charge < -0.3 is 9.47 Å². The van der Waals surface area contributed by atoms with Crippen molar-refractivity contribution in [3.8, 4) is 11.1 Å². The molecule has 0 aliphatic carbocycles. The Morgan fingerprint density at radius 1 is 0.565 bits per heavy atom. The fraction of sp³-hybridized carbons (Fsp3) is 0.524. The summed E-state index contributed by atoms with van der Waals surface area (Å²) in [7, 11) is 0. The summed E-state index contributed by atoms with van der Waals surface area (Å²) in [6, 6.07) is 24.1. The Morgan fingerprint density at radius 3 is 1.43 bits per heavy atom. The van der Waals surface area contributed by atoms with Gasteiger partial charge in [-0.05, 0) is 73.4 Å². The van der Waals surface area contributed by atoms with Crippen LogP contribution in [0.4, 0.5) is 0 Å². The van der Waals surface area contributed by atoms with E-state index in [4.69, 9.17) is 9.47 Å². The molecule has 3 rings (SSSR count). The van der Waals surface area contributed by atoms with Crippen LogP contribution in [0.3, 0.4) is 0 Å². The molecular formula is C42H64O4. The van der Waals surface area contributed by atoms with Crippen molar-refractivity contribution in [1.29, 1.82) is 0 Å². The topological polar surface area (TPSA) is 52.6 Å².